The summed E-state index contributed by atoms with van der Waals surface area (Å²) in [5.74, 6) is 3.55. The molecule has 0 atom stereocenters. The van der Waals surface area contributed by atoms with Gasteiger partial charge in [-0.05, 0) is 117 Å². The number of hydrogen-bond acceptors (Lipinski definition) is 4. The van der Waals surface area contributed by atoms with Crippen LogP contribution in [0, 0.1) is 11.8 Å². The molecular weight excluding hydrogens is 763 g/mol. The minimum atomic E-state index is 0. The summed E-state index contributed by atoms with van der Waals surface area (Å²) in [4.78, 5) is 5.41. The quantitative estimate of drug-likeness (QED) is 0.210. The van der Waals surface area contributed by atoms with Crippen LogP contribution in [0.25, 0.3) is 65.2 Å². The zero-order valence-corrected chi connectivity index (χ0v) is 35.6. The third-order valence-electron chi connectivity index (χ3n) is 13.7. The summed E-state index contributed by atoms with van der Waals surface area (Å²) in [6, 6.07) is 26.5. The molecule has 2 aliphatic heterocycles. The SMILES string of the molecule is COc1ccc2c(c1)c1c3c[n+](CCN4CCC(C5CCN(CC[n+]6ccc7ccc8c(c7c6)c6ccc(OC)cc6n8C)CC5)CC4)ccc3ccc1n2C.[Cl-].[Cl-]. The van der Waals surface area contributed by atoms with Crippen LogP contribution >= 0.6 is 0 Å². The van der Waals surface area contributed by atoms with Crippen LogP contribution in [0.15, 0.2) is 97.6 Å². The highest BCUT2D eigenvalue weighted by atomic mass is 35.5. The Hall–Kier alpha value is -4.60. The Balaban J connectivity index is 0.00000235. The zero-order chi connectivity index (χ0) is 37.9. The lowest BCUT2D eigenvalue weighted by Gasteiger charge is -2.39. The van der Waals surface area contributed by atoms with Crippen molar-refractivity contribution in [1.29, 1.82) is 0 Å². The fraction of sp³-hybridized carbons (Fsp3) is 0.375. The summed E-state index contributed by atoms with van der Waals surface area (Å²) in [6.07, 6.45) is 14.6. The summed E-state index contributed by atoms with van der Waals surface area (Å²) in [6.45, 7) is 9.15. The maximum Gasteiger partial charge on any atom is 0.177 e. The molecular formula is C48H54Cl2N6O2. The Kier molecular flexibility index (Phi) is 11.5. The molecule has 10 rings (SSSR count). The lowest BCUT2D eigenvalue weighted by molar-refractivity contribution is -0.695. The third kappa shape index (κ3) is 7.12. The van der Waals surface area contributed by atoms with Crippen LogP contribution < -0.4 is 43.4 Å². The van der Waals surface area contributed by atoms with Crippen LogP contribution in [0.3, 0.4) is 0 Å². The van der Waals surface area contributed by atoms with Crippen molar-refractivity contribution in [3.05, 3.63) is 97.6 Å². The van der Waals surface area contributed by atoms with Crippen LogP contribution in [0.5, 0.6) is 11.5 Å². The Bertz CT molecular complexity index is 2760. The van der Waals surface area contributed by atoms with Gasteiger partial charge in [0.05, 0.1) is 43.6 Å². The van der Waals surface area contributed by atoms with E-state index in [9.17, 15) is 0 Å². The number of ether oxygens (including phenoxy) is 2. The molecule has 302 valence electrons. The van der Waals surface area contributed by atoms with E-state index in [1.807, 2.05) is 0 Å². The first-order chi connectivity index (χ1) is 27.4. The van der Waals surface area contributed by atoms with E-state index < -0.39 is 0 Å². The van der Waals surface area contributed by atoms with Gasteiger partial charge < -0.3 is 43.4 Å². The zero-order valence-electron chi connectivity index (χ0n) is 34.1. The van der Waals surface area contributed by atoms with Gasteiger partial charge in [-0.2, -0.15) is 0 Å². The number of methoxy groups -OCH3 is 2. The Labute approximate surface area is 353 Å². The smallest absolute Gasteiger partial charge is 0.177 e. The molecule has 8 aromatic rings. The van der Waals surface area contributed by atoms with Crippen molar-refractivity contribution in [1.82, 2.24) is 18.9 Å². The van der Waals surface area contributed by atoms with Crippen LogP contribution in [-0.4, -0.2) is 72.4 Å². The first kappa shape index (κ1) is 40.2. The van der Waals surface area contributed by atoms with E-state index >= 15 is 0 Å². The third-order valence-corrected chi connectivity index (χ3v) is 13.7. The summed E-state index contributed by atoms with van der Waals surface area (Å²) in [5, 5.41) is 10.4. The number of aromatic nitrogens is 4. The van der Waals surface area contributed by atoms with Crippen LogP contribution in [0.1, 0.15) is 25.7 Å². The summed E-state index contributed by atoms with van der Waals surface area (Å²) >= 11 is 0. The van der Waals surface area contributed by atoms with Gasteiger partial charge in [-0.1, -0.05) is 12.1 Å². The van der Waals surface area contributed by atoms with Gasteiger partial charge in [0, 0.05) is 70.4 Å². The van der Waals surface area contributed by atoms with E-state index in [4.69, 9.17) is 9.47 Å². The molecule has 0 N–H and O–H groups in total. The molecule has 0 aliphatic carbocycles. The van der Waals surface area contributed by atoms with Crippen LogP contribution in [0.4, 0.5) is 0 Å². The van der Waals surface area contributed by atoms with Crippen molar-refractivity contribution in [2.24, 2.45) is 25.9 Å². The number of hydrogen-bond donors (Lipinski definition) is 0. The molecule has 8 nitrogen and oxygen atoms in total. The molecule has 58 heavy (non-hydrogen) atoms. The number of pyridine rings is 2. The van der Waals surface area contributed by atoms with Gasteiger partial charge in [0.15, 0.2) is 37.9 Å². The lowest BCUT2D eigenvalue weighted by atomic mass is 9.79. The van der Waals surface area contributed by atoms with Crippen molar-refractivity contribution in [2.45, 2.75) is 38.8 Å². The molecule has 0 spiro atoms. The molecule has 0 saturated carbocycles. The van der Waals surface area contributed by atoms with E-state index in [0.717, 1.165) is 49.5 Å². The van der Waals surface area contributed by atoms with Gasteiger partial charge in [0.1, 0.15) is 11.5 Å². The van der Waals surface area contributed by atoms with E-state index in [0.29, 0.717) is 0 Å². The second-order valence-corrected chi connectivity index (χ2v) is 16.5. The molecule has 0 bridgehead atoms. The Morgan fingerprint density at radius 2 is 0.983 bits per heavy atom. The van der Waals surface area contributed by atoms with Crippen LogP contribution in [0.2, 0.25) is 0 Å². The fourth-order valence-corrected chi connectivity index (χ4v) is 10.3. The predicted molar refractivity (Wildman–Crippen MR) is 228 cm³/mol. The van der Waals surface area contributed by atoms with E-state index in [1.54, 1.807) is 14.2 Å². The molecule has 0 radical (unpaired) electrons. The van der Waals surface area contributed by atoms with Crippen molar-refractivity contribution in [3.63, 3.8) is 0 Å². The van der Waals surface area contributed by atoms with Gasteiger partial charge in [-0.25, -0.2) is 9.13 Å². The Morgan fingerprint density at radius 1 is 0.517 bits per heavy atom. The predicted octanol–water partition coefficient (Wildman–Crippen LogP) is 2.01. The van der Waals surface area contributed by atoms with Gasteiger partial charge in [0.2, 0.25) is 0 Å². The van der Waals surface area contributed by atoms with Crippen molar-refractivity contribution < 1.29 is 43.4 Å². The largest absolute Gasteiger partial charge is 1.00 e. The normalized spacial score (nSPS) is 16.1. The minimum absolute atomic E-state index is 0. The molecule has 4 aromatic heterocycles. The molecule has 0 unspecified atom stereocenters. The number of rotatable bonds is 9. The van der Waals surface area contributed by atoms with Crippen LogP contribution in [-0.2, 0) is 27.2 Å². The number of halogens is 2. The second kappa shape index (κ2) is 16.6. The average molecular weight is 818 g/mol. The standard InChI is InChI=1S/C48H54N6O2.2ClH/c1-49-43-12-8-37(55-3)29-40(43)48-42-32-54(24-18-36(42)6-11-45(48)49)28-26-52-21-15-34(16-22-52)33-13-19-51(20-14-33)25-27-53-23-17-35-5-10-44-47(41(35)31-53)39-9-7-38(56-4)30-46(39)50(44)2;;/h5-12,17-18,23-24,29-34H,13-16,19-22,25-28H2,1-4H3;2*1H/q+2;;/p-2. The fourth-order valence-electron chi connectivity index (χ4n) is 10.3. The van der Waals surface area contributed by atoms with E-state index in [1.165, 1.54) is 117 Å². The van der Waals surface area contributed by atoms with Gasteiger partial charge in [0.25, 0.3) is 0 Å². The summed E-state index contributed by atoms with van der Waals surface area (Å²) in [7, 11) is 7.82. The number of likely N-dealkylation sites (tertiary alicyclic amines) is 2. The molecule has 4 aromatic carbocycles. The first-order valence-electron chi connectivity index (χ1n) is 20.7. The number of aryl methyl sites for hydroxylation is 2. The van der Waals surface area contributed by atoms with Crippen molar-refractivity contribution in [3.8, 4) is 11.5 Å². The second-order valence-electron chi connectivity index (χ2n) is 16.5. The molecule has 2 fully saturated rings. The van der Waals surface area contributed by atoms with Crippen molar-refractivity contribution in [2.75, 3.05) is 53.5 Å². The van der Waals surface area contributed by atoms with Gasteiger partial charge >= 0.3 is 0 Å². The highest BCUT2D eigenvalue weighted by Gasteiger charge is 2.30. The summed E-state index contributed by atoms with van der Waals surface area (Å²) in [5.41, 5.74) is 4.98. The Morgan fingerprint density at radius 3 is 1.52 bits per heavy atom. The van der Waals surface area contributed by atoms with E-state index in [2.05, 4.69) is 140 Å². The number of piperidine rings is 2. The maximum atomic E-state index is 5.61. The highest BCUT2D eigenvalue weighted by Crippen LogP contribution is 2.37. The number of benzene rings is 4. The molecule has 10 heteroatoms. The first-order valence-corrected chi connectivity index (χ1v) is 20.7. The van der Waals surface area contributed by atoms with E-state index in [-0.39, 0.29) is 24.8 Å². The minimum Gasteiger partial charge on any atom is -1.00 e. The average Bonchev–Trinajstić information content (AvgIpc) is 3.71. The van der Waals surface area contributed by atoms with Crippen molar-refractivity contribution >= 4 is 65.2 Å². The molecule has 2 saturated heterocycles. The molecule has 0 amide bonds. The number of fused-ring (bicyclic) bond motifs is 10. The highest BCUT2D eigenvalue weighted by molar-refractivity contribution is 6.21. The molecule has 6 heterocycles. The topological polar surface area (TPSA) is 42.6 Å². The van der Waals surface area contributed by atoms with Gasteiger partial charge in [-0.15, -0.1) is 0 Å². The molecule has 2 aliphatic rings. The lowest BCUT2D eigenvalue weighted by Crippen LogP contribution is -3.00. The van der Waals surface area contributed by atoms with Gasteiger partial charge in [-0.3, -0.25) is 9.80 Å². The monoisotopic (exact) mass is 816 g/mol. The summed E-state index contributed by atoms with van der Waals surface area (Å²) < 4.78 is 20.6. The number of nitrogens with zero attached hydrogens (tertiary/aromatic N) is 6. The maximum absolute atomic E-state index is 5.61.